The van der Waals surface area contributed by atoms with E-state index in [1.807, 2.05) is 0 Å². The summed E-state index contributed by atoms with van der Waals surface area (Å²) in [5, 5.41) is 4.40. The minimum atomic E-state index is -6.02. The van der Waals surface area contributed by atoms with Crippen molar-refractivity contribution in [1.29, 1.82) is 0 Å². The molecule has 11 heteroatoms. The molecule has 0 atom stereocenters. The molecule has 0 aliphatic carbocycles. The third kappa shape index (κ3) is 3.78. The maximum Gasteiger partial charge on any atom is 0.490 e. The van der Waals surface area contributed by atoms with Crippen LogP contribution in [0.15, 0.2) is 0 Å². The van der Waals surface area contributed by atoms with Crippen LogP contribution in [-0.4, -0.2) is 22.8 Å². The second-order valence-electron chi connectivity index (χ2n) is 1.54. The lowest BCUT2D eigenvalue weighted by Crippen LogP contribution is -2.48. The second kappa shape index (κ2) is 3.24. The van der Waals surface area contributed by atoms with E-state index in [1.165, 1.54) is 0 Å². The molecule has 78 valence electrons. The van der Waals surface area contributed by atoms with Gasteiger partial charge in [0.1, 0.15) is 0 Å². The van der Waals surface area contributed by atoms with Crippen LogP contribution in [0, 0.1) is 10.1 Å². The number of hydroxylamine groups is 2. The van der Waals surface area contributed by atoms with Crippen molar-refractivity contribution < 1.29 is 36.4 Å². The van der Waals surface area contributed by atoms with Crippen LogP contribution in [0.3, 0.4) is 0 Å². The highest BCUT2D eigenvalue weighted by molar-refractivity contribution is 4.49. The predicted octanol–water partition coefficient (Wildman–Crippen LogP) is 1.45. The van der Waals surface area contributed by atoms with E-state index in [-0.39, 0.29) is 0 Å². The molecular formula is C2F6N2O3. The zero-order valence-corrected chi connectivity index (χ0v) is 5.39. The van der Waals surface area contributed by atoms with Crippen LogP contribution < -0.4 is 0 Å². The van der Waals surface area contributed by atoms with E-state index < -0.39 is 22.8 Å². The van der Waals surface area contributed by atoms with Crippen molar-refractivity contribution in [3.63, 3.8) is 0 Å². The van der Waals surface area contributed by atoms with Gasteiger partial charge >= 0.3 is 17.7 Å². The first-order valence-corrected chi connectivity index (χ1v) is 2.31. The van der Waals surface area contributed by atoms with Gasteiger partial charge in [0.05, 0.1) is 0 Å². The zero-order valence-electron chi connectivity index (χ0n) is 5.39. The van der Waals surface area contributed by atoms with Gasteiger partial charge in [0.2, 0.25) is 0 Å². The zero-order chi connectivity index (χ0) is 10.9. The highest BCUT2D eigenvalue weighted by Crippen LogP contribution is 2.33. The predicted molar refractivity (Wildman–Crippen MR) is 22.0 cm³/mol. The molecule has 13 heavy (non-hydrogen) atoms. The summed E-state index contributed by atoms with van der Waals surface area (Å²) in [6.07, 6.45) is -12.0. The lowest BCUT2D eigenvalue weighted by Gasteiger charge is -2.22. The highest BCUT2D eigenvalue weighted by atomic mass is 19.4. The Hall–Kier alpha value is -1.26. The molecule has 0 N–H and O–H groups in total. The van der Waals surface area contributed by atoms with Crippen molar-refractivity contribution in [2.75, 3.05) is 0 Å². The fourth-order valence-electron chi connectivity index (χ4n) is 0.303. The Morgan fingerprint density at radius 2 is 1.38 bits per heavy atom. The molecule has 0 aromatic rings. The molecule has 0 fully saturated rings. The van der Waals surface area contributed by atoms with Crippen LogP contribution in [0.4, 0.5) is 26.3 Å². The molecule has 0 saturated heterocycles. The van der Waals surface area contributed by atoms with E-state index in [0.29, 0.717) is 0 Å². The van der Waals surface area contributed by atoms with Crippen molar-refractivity contribution >= 4 is 0 Å². The molecule has 0 aromatic heterocycles. The first kappa shape index (κ1) is 11.7. The first-order chi connectivity index (χ1) is 5.55. The van der Waals surface area contributed by atoms with Crippen molar-refractivity contribution in [1.82, 2.24) is 5.06 Å². The summed E-state index contributed by atoms with van der Waals surface area (Å²) in [6, 6.07) is 0. The van der Waals surface area contributed by atoms with Gasteiger partial charge < -0.3 is 0 Å². The average molecular weight is 214 g/mol. The molecule has 0 rings (SSSR count). The molecule has 0 unspecified atom stereocenters. The van der Waals surface area contributed by atoms with Crippen LogP contribution >= 0.6 is 0 Å². The van der Waals surface area contributed by atoms with Crippen molar-refractivity contribution in [3.8, 4) is 0 Å². The molecule has 0 aliphatic heterocycles. The molecule has 0 bridgehead atoms. The van der Waals surface area contributed by atoms with Gasteiger partial charge in [0, 0.05) is 5.06 Å². The maximum absolute atomic E-state index is 11.4. The van der Waals surface area contributed by atoms with Crippen LogP contribution in [0.1, 0.15) is 0 Å². The summed E-state index contributed by atoms with van der Waals surface area (Å²) in [5.41, 5.74) is 0. The third-order valence-corrected chi connectivity index (χ3v) is 0.609. The molecule has 0 spiro atoms. The van der Waals surface area contributed by atoms with E-state index in [4.69, 9.17) is 0 Å². The number of alkyl halides is 6. The van der Waals surface area contributed by atoms with Crippen LogP contribution in [0.25, 0.3) is 0 Å². The molecule has 0 aliphatic rings. The van der Waals surface area contributed by atoms with Crippen molar-refractivity contribution in [3.05, 3.63) is 10.1 Å². The van der Waals surface area contributed by atoms with E-state index in [1.54, 1.807) is 0 Å². The summed E-state index contributed by atoms with van der Waals surface area (Å²) >= 11 is 0. The Morgan fingerprint density at radius 1 is 1.08 bits per heavy atom. The van der Waals surface area contributed by atoms with Crippen LogP contribution in [0.5, 0.6) is 0 Å². The van der Waals surface area contributed by atoms with E-state index >= 15 is 0 Å². The number of hydrogen-bond donors (Lipinski definition) is 0. The molecule has 0 aromatic carbocycles. The van der Waals surface area contributed by atoms with Gasteiger partial charge in [-0.2, -0.15) is 26.3 Å². The SMILES string of the molecule is O=[N+]([O-])ON(C(F)(F)F)C(F)(F)F. The lowest BCUT2D eigenvalue weighted by atomic mass is 10.9. The Morgan fingerprint density at radius 3 is 1.46 bits per heavy atom. The van der Waals surface area contributed by atoms with Crippen LogP contribution in [0.2, 0.25) is 0 Å². The number of hydrogen-bond acceptors (Lipinski definition) is 4. The molecule has 0 saturated carbocycles. The van der Waals surface area contributed by atoms with Gasteiger partial charge in [0.15, 0.2) is 0 Å². The number of halogens is 6. The monoisotopic (exact) mass is 214 g/mol. The lowest BCUT2D eigenvalue weighted by molar-refractivity contribution is -0.842. The highest BCUT2D eigenvalue weighted by Gasteiger charge is 2.57. The first-order valence-electron chi connectivity index (χ1n) is 2.31. The number of rotatable bonds is 2. The fraction of sp³-hybridized carbons (Fsp3) is 1.00. The van der Waals surface area contributed by atoms with Gasteiger partial charge in [-0.05, 0) is 0 Å². The molecule has 0 radical (unpaired) electrons. The maximum atomic E-state index is 11.4. The minimum absolute atomic E-state index is 2.22. The van der Waals surface area contributed by atoms with Crippen LogP contribution in [-0.2, 0) is 4.94 Å². The summed E-state index contributed by atoms with van der Waals surface area (Å²) in [5.74, 6) is 0. The Bertz CT molecular complexity index is 183. The van der Waals surface area contributed by atoms with E-state index in [2.05, 4.69) is 4.94 Å². The molecule has 0 heterocycles. The third-order valence-electron chi connectivity index (χ3n) is 0.609. The summed E-state index contributed by atoms with van der Waals surface area (Å²) < 4.78 is 68.1. The van der Waals surface area contributed by atoms with Gasteiger partial charge in [-0.1, -0.05) is 0 Å². The Labute approximate surface area is 65.5 Å². The Balaban J connectivity index is 4.68. The smallest absolute Gasteiger partial charge is 0.201 e. The fourth-order valence-corrected chi connectivity index (χ4v) is 0.303. The summed E-state index contributed by atoms with van der Waals surface area (Å²) in [7, 11) is 0. The molecular weight excluding hydrogens is 214 g/mol. The Kier molecular flexibility index (Phi) is 2.92. The molecule has 0 amide bonds. The normalized spacial score (nSPS) is 13.2. The van der Waals surface area contributed by atoms with Gasteiger partial charge in [0.25, 0.3) is 0 Å². The van der Waals surface area contributed by atoms with Crippen molar-refractivity contribution in [2.45, 2.75) is 12.6 Å². The topological polar surface area (TPSA) is 55.6 Å². The van der Waals surface area contributed by atoms with Gasteiger partial charge in [-0.15, -0.1) is 10.1 Å². The average Bonchev–Trinajstić information content (AvgIpc) is 1.77. The second-order valence-corrected chi connectivity index (χ2v) is 1.54. The van der Waals surface area contributed by atoms with E-state index in [0.717, 1.165) is 0 Å². The van der Waals surface area contributed by atoms with Crippen molar-refractivity contribution in [2.24, 2.45) is 0 Å². The van der Waals surface area contributed by atoms with Gasteiger partial charge in [-0.3, -0.25) is 0 Å². The molecule has 5 nitrogen and oxygen atoms in total. The van der Waals surface area contributed by atoms with Gasteiger partial charge in [-0.25, -0.2) is 4.94 Å². The minimum Gasteiger partial charge on any atom is -0.201 e. The standard InChI is InChI=1S/C2F6N2O3/c3-1(4,5)9(2(6,7)8)13-10(11)12. The number of nitrogens with zero attached hydrogens (tertiary/aromatic N) is 2. The summed E-state index contributed by atoms with van der Waals surface area (Å²) in [4.78, 5) is 11.5. The quantitative estimate of drug-likeness (QED) is 0.302. The van der Waals surface area contributed by atoms with E-state index in [9.17, 15) is 36.5 Å². The largest absolute Gasteiger partial charge is 0.490 e. The summed E-state index contributed by atoms with van der Waals surface area (Å²) in [6.45, 7) is 0.